The highest BCUT2D eigenvalue weighted by molar-refractivity contribution is 7.21. The molecule has 0 spiro atoms. The molecule has 0 aliphatic carbocycles. The molecule has 4 heterocycles. The Hall–Kier alpha value is -2.18. The normalized spacial score (nSPS) is 17.7. The van der Waals surface area contributed by atoms with Crippen LogP contribution in [0.2, 0.25) is 0 Å². The molecule has 29 heavy (non-hydrogen) atoms. The predicted molar refractivity (Wildman–Crippen MR) is 120 cm³/mol. The maximum Gasteiger partial charge on any atom is 0.263 e. The molecule has 1 aliphatic heterocycles. The summed E-state index contributed by atoms with van der Waals surface area (Å²) in [6, 6.07) is 8.85. The number of hydrogen-bond donors (Lipinski definition) is 1. The second-order valence-corrected chi connectivity index (χ2v) is 9.08. The number of fused-ring (bicyclic) bond motifs is 1. The van der Waals surface area contributed by atoms with E-state index >= 15 is 0 Å². The number of amides is 1. The summed E-state index contributed by atoms with van der Waals surface area (Å²) in [5, 5.41) is 4.19. The monoisotopic (exact) mass is 410 g/mol. The fourth-order valence-electron chi connectivity index (χ4n) is 4.37. The van der Waals surface area contributed by atoms with Crippen LogP contribution in [0.1, 0.15) is 53.7 Å². The van der Waals surface area contributed by atoms with E-state index in [1.807, 2.05) is 6.07 Å². The average molecular weight is 411 g/mol. The highest BCUT2D eigenvalue weighted by Crippen LogP contribution is 2.34. The first kappa shape index (κ1) is 20.1. The van der Waals surface area contributed by atoms with E-state index in [9.17, 15) is 4.79 Å². The van der Waals surface area contributed by atoms with Crippen molar-refractivity contribution in [1.29, 1.82) is 0 Å². The van der Waals surface area contributed by atoms with Gasteiger partial charge in [-0.15, -0.1) is 11.3 Å². The lowest BCUT2D eigenvalue weighted by molar-refractivity contribution is 0.0953. The van der Waals surface area contributed by atoms with Gasteiger partial charge in [0.15, 0.2) is 0 Å². The van der Waals surface area contributed by atoms with Gasteiger partial charge in [-0.25, -0.2) is 4.98 Å². The number of rotatable bonds is 6. The molecule has 0 radical (unpaired) electrons. The molecule has 4 rings (SSSR count). The van der Waals surface area contributed by atoms with Gasteiger partial charge >= 0.3 is 0 Å². The van der Waals surface area contributed by atoms with E-state index < -0.39 is 0 Å². The van der Waals surface area contributed by atoms with Crippen LogP contribution in [-0.4, -0.2) is 46.0 Å². The van der Waals surface area contributed by atoms with E-state index in [2.05, 4.69) is 58.7 Å². The summed E-state index contributed by atoms with van der Waals surface area (Å²) < 4.78 is 2.17. The van der Waals surface area contributed by atoms with Crippen molar-refractivity contribution < 1.29 is 4.79 Å². The minimum absolute atomic E-state index is 0.00203. The maximum absolute atomic E-state index is 13.1. The smallest absolute Gasteiger partial charge is 0.263 e. The zero-order valence-electron chi connectivity index (χ0n) is 17.6. The Kier molecular flexibility index (Phi) is 6.01. The van der Waals surface area contributed by atoms with Crippen LogP contribution in [0.5, 0.6) is 0 Å². The molecular weight excluding hydrogens is 380 g/mol. The van der Waals surface area contributed by atoms with Crippen molar-refractivity contribution in [3.63, 3.8) is 0 Å². The van der Waals surface area contributed by atoms with Gasteiger partial charge in [-0.2, -0.15) is 0 Å². The van der Waals surface area contributed by atoms with E-state index in [-0.39, 0.29) is 5.91 Å². The first-order valence-corrected chi connectivity index (χ1v) is 11.4. The Morgan fingerprint density at radius 1 is 1.24 bits per heavy atom. The number of carbonyl (C=O) groups excluding carboxylic acids is 1. The molecule has 154 valence electrons. The summed E-state index contributed by atoms with van der Waals surface area (Å²) in [6.45, 7) is 9.41. The molecule has 1 fully saturated rings. The fourth-order valence-corrected chi connectivity index (χ4v) is 5.42. The number of likely N-dealkylation sites (tertiary alicyclic amines) is 1. The SMILES string of the molecule is Cc1ccc(C)n1-c1c(C(=O)NCCCN2CCCC[C@@H]2C)sc2ncccc12. The number of aromatic nitrogens is 2. The molecule has 1 atom stereocenters. The molecular formula is C23H30N4OS. The van der Waals surface area contributed by atoms with E-state index in [4.69, 9.17) is 0 Å². The lowest BCUT2D eigenvalue weighted by Gasteiger charge is -2.33. The van der Waals surface area contributed by atoms with Crippen molar-refractivity contribution in [2.24, 2.45) is 0 Å². The minimum Gasteiger partial charge on any atom is -0.351 e. The Morgan fingerprint density at radius 3 is 2.79 bits per heavy atom. The molecule has 3 aromatic heterocycles. The summed E-state index contributed by atoms with van der Waals surface area (Å²) >= 11 is 1.48. The van der Waals surface area contributed by atoms with Crippen molar-refractivity contribution >= 4 is 27.5 Å². The van der Waals surface area contributed by atoms with Crippen LogP contribution in [0.4, 0.5) is 0 Å². The summed E-state index contributed by atoms with van der Waals surface area (Å²) in [5.74, 6) is 0.00203. The van der Waals surface area contributed by atoms with Gasteiger partial charge in [0, 0.05) is 42.1 Å². The zero-order valence-corrected chi connectivity index (χ0v) is 18.4. The van der Waals surface area contributed by atoms with Crippen LogP contribution in [0.3, 0.4) is 0 Å². The van der Waals surface area contributed by atoms with E-state index in [0.717, 1.165) is 45.1 Å². The number of piperidine rings is 1. The second-order valence-electron chi connectivity index (χ2n) is 8.08. The fraction of sp³-hybridized carbons (Fsp3) is 0.478. The van der Waals surface area contributed by atoms with Crippen LogP contribution < -0.4 is 5.32 Å². The molecule has 1 N–H and O–H groups in total. The molecule has 1 amide bonds. The average Bonchev–Trinajstić information content (AvgIpc) is 3.25. The second kappa shape index (κ2) is 8.67. The Balaban J connectivity index is 1.51. The third-order valence-electron chi connectivity index (χ3n) is 5.99. The summed E-state index contributed by atoms with van der Waals surface area (Å²) in [6.07, 6.45) is 6.70. The van der Waals surface area contributed by atoms with Crippen molar-refractivity contribution in [3.8, 4) is 5.69 Å². The first-order chi connectivity index (χ1) is 14.1. The Morgan fingerprint density at radius 2 is 2.03 bits per heavy atom. The lowest BCUT2D eigenvalue weighted by Crippen LogP contribution is -2.39. The molecule has 0 aromatic carbocycles. The molecule has 0 saturated carbocycles. The molecule has 5 nitrogen and oxygen atoms in total. The standard InChI is InChI=1S/C23H30N4OS/c1-16-8-4-5-14-26(16)15-7-13-24-22(28)21-20(27-17(2)10-11-18(27)3)19-9-6-12-25-23(19)29-21/h6,9-12,16H,4-5,7-8,13-15H2,1-3H3,(H,24,28)/t16-/m0/s1. The number of nitrogens with one attached hydrogen (secondary N) is 1. The van der Waals surface area contributed by atoms with Gasteiger partial charge in [0.1, 0.15) is 9.71 Å². The minimum atomic E-state index is 0.00203. The third kappa shape index (κ3) is 4.09. The zero-order chi connectivity index (χ0) is 20.4. The number of pyridine rings is 1. The van der Waals surface area contributed by atoms with Crippen LogP contribution in [-0.2, 0) is 0 Å². The largest absolute Gasteiger partial charge is 0.351 e. The van der Waals surface area contributed by atoms with E-state index in [0.29, 0.717) is 12.6 Å². The Bertz CT molecular complexity index is 986. The molecule has 3 aromatic rings. The van der Waals surface area contributed by atoms with Gasteiger partial charge in [0.25, 0.3) is 5.91 Å². The van der Waals surface area contributed by atoms with Crippen LogP contribution >= 0.6 is 11.3 Å². The number of carbonyl (C=O) groups is 1. The van der Waals surface area contributed by atoms with Crippen LogP contribution in [0.15, 0.2) is 30.5 Å². The third-order valence-corrected chi connectivity index (χ3v) is 7.09. The summed E-state index contributed by atoms with van der Waals surface area (Å²) in [5.41, 5.74) is 3.21. The quantitative estimate of drug-likeness (QED) is 0.600. The van der Waals surface area contributed by atoms with E-state index in [1.54, 1.807) is 6.20 Å². The van der Waals surface area contributed by atoms with Gasteiger partial charge in [-0.3, -0.25) is 4.79 Å². The topological polar surface area (TPSA) is 50.2 Å². The van der Waals surface area contributed by atoms with Crippen molar-refractivity contribution in [3.05, 3.63) is 46.7 Å². The van der Waals surface area contributed by atoms with Crippen LogP contribution in [0, 0.1) is 13.8 Å². The molecule has 1 saturated heterocycles. The molecule has 1 aliphatic rings. The van der Waals surface area contributed by atoms with Gasteiger partial charge in [0.2, 0.25) is 0 Å². The number of aryl methyl sites for hydroxylation is 2. The highest BCUT2D eigenvalue weighted by Gasteiger charge is 2.22. The van der Waals surface area contributed by atoms with Crippen molar-refractivity contribution in [2.75, 3.05) is 19.6 Å². The van der Waals surface area contributed by atoms with Gasteiger partial charge in [0.05, 0.1) is 5.69 Å². The highest BCUT2D eigenvalue weighted by atomic mass is 32.1. The maximum atomic E-state index is 13.1. The van der Waals surface area contributed by atoms with E-state index in [1.165, 1.54) is 37.1 Å². The van der Waals surface area contributed by atoms with Gasteiger partial charge in [-0.05, 0) is 70.8 Å². The van der Waals surface area contributed by atoms with Gasteiger partial charge < -0.3 is 14.8 Å². The van der Waals surface area contributed by atoms with Crippen LogP contribution in [0.25, 0.3) is 15.9 Å². The Labute approximate surface area is 176 Å². The number of hydrogen-bond acceptors (Lipinski definition) is 4. The molecule has 0 unspecified atom stereocenters. The molecule has 6 heteroatoms. The summed E-state index contributed by atoms with van der Waals surface area (Å²) in [4.78, 5) is 21.8. The predicted octanol–water partition coefficient (Wildman–Crippen LogP) is 4.70. The van der Waals surface area contributed by atoms with Gasteiger partial charge in [-0.1, -0.05) is 6.42 Å². The first-order valence-electron chi connectivity index (χ1n) is 10.6. The lowest BCUT2D eigenvalue weighted by atomic mass is 10.0. The van der Waals surface area contributed by atoms with Crippen molar-refractivity contribution in [2.45, 2.75) is 52.5 Å². The number of thiophene rings is 1. The number of nitrogens with zero attached hydrogens (tertiary/aromatic N) is 3. The molecule has 0 bridgehead atoms. The van der Waals surface area contributed by atoms with Crippen molar-refractivity contribution in [1.82, 2.24) is 19.8 Å². The summed E-state index contributed by atoms with van der Waals surface area (Å²) in [7, 11) is 0.